The van der Waals surface area contributed by atoms with E-state index in [0.29, 0.717) is 39.1 Å². The highest BCUT2D eigenvalue weighted by Gasteiger charge is 2.45. The van der Waals surface area contributed by atoms with Gasteiger partial charge < -0.3 is 24.8 Å². The second kappa shape index (κ2) is 8.83. The number of para-hydroxylation sites is 1. The molecule has 10 heteroatoms. The third kappa shape index (κ3) is 4.31. The summed E-state index contributed by atoms with van der Waals surface area (Å²) < 4.78 is 28.9. The Morgan fingerprint density at radius 2 is 1.76 bits per heavy atom. The van der Waals surface area contributed by atoms with Crippen molar-refractivity contribution in [3.8, 4) is 11.3 Å². The fourth-order valence-electron chi connectivity index (χ4n) is 5.60. The normalized spacial score (nSPS) is 22.6. The van der Waals surface area contributed by atoms with Crippen molar-refractivity contribution >= 4 is 32.5 Å². The molecule has 0 spiro atoms. The van der Waals surface area contributed by atoms with E-state index in [4.69, 9.17) is 0 Å². The lowest BCUT2D eigenvalue weighted by Crippen LogP contribution is -2.61. The zero-order valence-corrected chi connectivity index (χ0v) is 22.0. The number of piperazine rings is 1. The minimum atomic E-state index is -3.87. The van der Waals surface area contributed by atoms with Crippen LogP contribution in [0, 0.1) is 0 Å². The average Bonchev–Trinajstić information content (AvgIpc) is 3.26. The number of aromatic nitrogens is 1. The van der Waals surface area contributed by atoms with Crippen LogP contribution in [-0.4, -0.2) is 103 Å². The van der Waals surface area contributed by atoms with Crippen LogP contribution in [0.2, 0.25) is 0 Å². The van der Waals surface area contributed by atoms with Gasteiger partial charge >= 0.3 is 0 Å². The first-order chi connectivity index (χ1) is 17.6. The van der Waals surface area contributed by atoms with Gasteiger partial charge in [-0.05, 0) is 50.7 Å². The molecule has 3 saturated heterocycles. The van der Waals surface area contributed by atoms with E-state index < -0.39 is 21.7 Å². The number of sulfonamides is 1. The molecular weight excluding hydrogens is 490 g/mol. The quantitative estimate of drug-likeness (QED) is 0.530. The van der Waals surface area contributed by atoms with Crippen molar-refractivity contribution in [3.05, 3.63) is 48.5 Å². The van der Waals surface area contributed by atoms with Gasteiger partial charge in [0, 0.05) is 73.7 Å². The summed E-state index contributed by atoms with van der Waals surface area (Å²) >= 11 is 0. The van der Waals surface area contributed by atoms with Crippen LogP contribution in [0.4, 0.5) is 5.69 Å². The van der Waals surface area contributed by atoms with Crippen molar-refractivity contribution in [2.24, 2.45) is 0 Å². The van der Waals surface area contributed by atoms with Crippen LogP contribution in [-0.2, 0) is 14.8 Å². The van der Waals surface area contributed by atoms with Gasteiger partial charge in [0.15, 0.2) is 0 Å². The standard InChI is InChI=1S/C27H33N5O4S/c1-27(34)17-31(18-27)24-8-7-20(16-21(24)23-15-19-5-3-4-6-22(19)28-23)37(35,36)32-10-9-25(32)26(33)30-13-11-29(2)12-14-30/h3-8,15-16,25,28,34H,9-14,17-18H2,1-2H3/t25-/m0/s1. The summed E-state index contributed by atoms with van der Waals surface area (Å²) in [4.78, 5) is 22.8. The number of fused-ring (bicyclic) bond motifs is 1. The number of aliphatic hydroxyl groups is 1. The zero-order chi connectivity index (χ0) is 25.9. The Kier molecular flexibility index (Phi) is 5.83. The zero-order valence-electron chi connectivity index (χ0n) is 21.2. The lowest BCUT2D eigenvalue weighted by Gasteiger charge is -2.46. The highest BCUT2D eigenvalue weighted by Crippen LogP contribution is 2.39. The molecule has 1 atom stereocenters. The summed E-state index contributed by atoms with van der Waals surface area (Å²) in [7, 11) is -1.84. The molecule has 6 rings (SSSR count). The third-order valence-electron chi connectivity index (χ3n) is 7.87. The molecule has 2 aromatic carbocycles. The topological polar surface area (TPSA) is 100 Å². The maximum atomic E-state index is 13.8. The summed E-state index contributed by atoms with van der Waals surface area (Å²) in [5.74, 6) is -0.0989. The lowest BCUT2D eigenvalue weighted by atomic mass is 9.94. The van der Waals surface area contributed by atoms with E-state index in [1.807, 2.05) is 43.4 Å². The second-order valence-electron chi connectivity index (χ2n) is 10.9. The fourth-order valence-corrected chi connectivity index (χ4v) is 7.26. The average molecular weight is 524 g/mol. The smallest absolute Gasteiger partial charge is 0.243 e. The van der Waals surface area contributed by atoms with Gasteiger partial charge in [0.25, 0.3) is 0 Å². The summed E-state index contributed by atoms with van der Waals surface area (Å²) in [6, 6.07) is 14.5. The molecule has 3 fully saturated rings. The van der Waals surface area contributed by atoms with Crippen LogP contribution in [0.15, 0.2) is 53.4 Å². The maximum absolute atomic E-state index is 13.8. The molecule has 0 unspecified atom stereocenters. The molecule has 0 bridgehead atoms. The minimum absolute atomic E-state index is 0.0989. The molecular formula is C27H33N5O4S. The molecule has 0 aliphatic carbocycles. The number of hydrogen-bond donors (Lipinski definition) is 2. The predicted molar refractivity (Wildman–Crippen MR) is 143 cm³/mol. The number of likely N-dealkylation sites (N-methyl/N-ethyl adjacent to an activating group) is 1. The monoisotopic (exact) mass is 523 g/mol. The van der Waals surface area contributed by atoms with Gasteiger partial charge in [0.1, 0.15) is 6.04 Å². The SMILES string of the molecule is CN1CCN(C(=O)[C@@H]2CCN2S(=O)(=O)c2ccc(N3CC(C)(O)C3)c(-c3cc4ccccc4[nH]3)c2)CC1. The van der Waals surface area contributed by atoms with Crippen molar-refractivity contribution in [3.63, 3.8) is 0 Å². The largest absolute Gasteiger partial charge is 0.386 e. The number of benzene rings is 2. The fraction of sp³-hybridized carbons (Fsp3) is 0.444. The molecule has 2 N–H and O–H groups in total. The molecule has 3 aliphatic heterocycles. The molecule has 196 valence electrons. The first-order valence-corrected chi connectivity index (χ1v) is 14.3. The summed E-state index contributed by atoms with van der Waals surface area (Å²) in [6.45, 7) is 5.92. The van der Waals surface area contributed by atoms with Crippen LogP contribution in [0.3, 0.4) is 0 Å². The van der Waals surface area contributed by atoms with Crippen LogP contribution >= 0.6 is 0 Å². The number of carbonyl (C=O) groups excluding carboxylic acids is 1. The van der Waals surface area contributed by atoms with Crippen LogP contribution in [0.1, 0.15) is 13.3 Å². The highest BCUT2D eigenvalue weighted by atomic mass is 32.2. The van der Waals surface area contributed by atoms with Crippen LogP contribution in [0.25, 0.3) is 22.2 Å². The number of nitrogens with zero attached hydrogens (tertiary/aromatic N) is 4. The Morgan fingerprint density at radius 3 is 2.41 bits per heavy atom. The highest BCUT2D eigenvalue weighted by molar-refractivity contribution is 7.89. The van der Waals surface area contributed by atoms with Crippen molar-refractivity contribution in [2.45, 2.75) is 29.9 Å². The number of anilines is 1. The van der Waals surface area contributed by atoms with Gasteiger partial charge in [-0.3, -0.25) is 4.79 Å². The molecule has 1 amide bonds. The predicted octanol–water partition coefficient (Wildman–Crippen LogP) is 1.94. The number of nitrogens with one attached hydrogen (secondary N) is 1. The lowest BCUT2D eigenvalue weighted by molar-refractivity contribution is -0.140. The molecule has 37 heavy (non-hydrogen) atoms. The van der Waals surface area contributed by atoms with Gasteiger partial charge in [-0.15, -0.1) is 0 Å². The molecule has 9 nitrogen and oxygen atoms in total. The van der Waals surface area contributed by atoms with E-state index in [1.165, 1.54) is 4.31 Å². The number of aromatic amines is 1. The van der Waals surface area contributed by atoms with Gasteiger partial charge in [-0.1, -0.05) is 18.2 Å². The van der Waals surface area contributed by atoms with E-state index in [-0.39, 0.29) is 10.8 Å². The van der Waals surface area contributed by atoms with Gasteiger partial charge in [-0.2, -0.15) is 4.31 Å². The molecule has 3 aromatic rings. The van der Waals surface area contributed by atoms with Crippen molar-refractivity contribution < 1.29 is 18.3 Å². The van der Waals surface area contributed by atoms with E-state index in [0.717, 1.165) is 40.9 Å². The Morgan fingerprint density at radius 1 is 1.03 bits per heavy atom. The number of amides is 1. The number of H-pyrrole nitrogens is 1. The third-order valence-corrected chi connectivity index (χ3v) is 9.77. The van der Waals surface area contributed by atoms with E-state index >= 15 is 0 Å². The van der Waals surface area contributed by atoms with Crippen LogP contribution < -0.4 is 4.90 Å². The number of β-amino-alcohol motifs (C(OH)–C–C–N with tert-alkyl or cyclic N) is 1. The van der Waals surface area contributed by atoms with Gasteiger partial charge in [-0.25, -0.2) is 8.42 Å². The number of hydrogen-bond acceptors (Lipinski definition) is 6. The van der Waals surface area contributed by atoms with Gasteiger partial charge in [0.05, 0.1) is 10.5 Å². The van der Waals surface area contributed by atoms with Crippen molar-refractivity contribution in [2.75, 3.05) is 57.8 Å². The van der Waals surface area contributed by atoms with E-state index in [1.54, 1.807) is 24.0 Å². The summed E-state index contributed by atoms with van der Waals surface area (Å²) in [5.41, 5.74) is 2.64. The van der Waals surface area contributed by atoms with E-state index in [2.05, 4.69) is 14.8 Å². The second-order valence-corrected chi connectivity index (χ2v) is 12.7. The number of rotatable bonds is 5. The summed E-state index contributed by atoms with van der Waals surface area (Å²) in [5, 5.41) is 11.4. The minimum Gasteiger partial charge on any atom is -0.386 e. The van der Waals surface area contributed by atoms with Crippen LogP contribution in [0.5, 0.6) is 0 Å². The molecule has 3 aliphatic rings. The summed E-state index contributed by atoms with van der Waals surface area (Å²) in [6.07, 6.45) is 0.542. The van der Waals surface area contributed by atoms with Crippen molar-refractivity contribution in [1.82, 2.24) is 19.1 Å². The first-order valence-electron chi connectivity index (χ1n) is 12.8. The Bertz CT molecular complexity index is 1420. The first kappa shape index (κ1) is 24.4. The molecule has 4 heterocycles. The number of carbonyl (C=O) groups is 1. The Hall–Kier alpha value is -2.92. The molecule has 0 radical (unpaired) electrons. The van der Waals surface area contributed by atoms with Gasteiger partial charge in [0.2, 0.25) is 15.9 Å². The molecule has 0 saturated carbocycles. The molecule has 1 aromatic heterocycles. The maximum Gasteiger partial charge on any atom is 0.243 e. The van der Waals surface area contributed by atoms with Crippen molar-refractivity contribution in [1.29, 1.82) is 0 Å². The Labute approximate surface area is 217 Å². The Balaban J connectivity index is 1.33. The van der Waals surface area contributed by atoms with E-state index in [9.17, 15) is 18.3 Å².